The molecule has 4 N–H and O–H groups in total. The van der Waals surface area contributed by atoms with Crippen LogP contribution >= 0.6 is 0 Å². The Morgan fingerprint density at radius 3 is 2.31 bits per heavy atom. The molecule has 2 amide bonds. The Hall–Kier alpha value is -3.03. The van der Waals surface area contributed by atoms with Gasteiger partial charge in [-0.05, 0) is 42.3 Å². The van der Waals surface area contributed by atoms with Gasteiger partial charge in [-0.1, -0.05) is 36.4 Å². The number of benzene rings is 2. The van der Waals surface area contributed by atoms with Crippen molar-refractivity contribution in [2.75, 3.05) is 0 Å². The second-order valence-corrected chi connectivity index (χ2v) is 5.68. The van der Waals surface area contributed by atoms with Crippen LogP contribution in [0.1, 0.15) is 28.4 Å². The maximum Gasteiger partial charge on any atom is 0.268 e. The summed E-state index contributed by atoms with van der Waals surface area (Å²) >= 11 is 0. The molecule has 26 heavy (non-hydrogen) atoms. The lowest BCUT2D eigenvalue weighted by Crippen LogP contribution is -2.51. The summed E-state index contributed by atoms with van der Waals surface area (Å²) in [5.74, 6) is -1.80. The number of aliphatic hydroxyl groups is 1. The van der Waals surface area contributed by atoms with Crippen LogP contribution in [0, 0.1) is 5.82 Å². The summed E-state index contributed by atoms with van der Waals surface area (Å²) in [5.41, 5.74) is 3.19. The monoisotopic (exact) mass is 358 g/mol. The predicted molar refractivity (Wildman–Crippen MR) is 94.6 cm³/mol. The van der Waals surface area contributed by atoms with Crippen molar-refractivity contribution in [1.82, 2.24) is 10.8 Å². The molecule has 0 heterocycles. The zero-order chi connectivity index (χ0) is 19.1. The van der Waals surface area contributed by atoms with E-state index in [2.05, 4.69) is 5.32 Å². The number of hydrogen-bond donors (Lipinski definition) is 4. The molecule has 6 nitrogen and oxygen atoms in total. The van der Waals surface area contributed by atoms with Gasteiger partial charge in [-0.25, -0.2) is 9.87 Å². The summed E-state index contributed by atoms with van der Waals surface area (Å²) in [6.07, 6.45) is 2.33. The third-order valence-corrected chi connectivity index (χ3v) is 3.65. The van der Waals surface area contributed by atoms with E-state index in [1.54, 1.807) is 48.6 Å². The van der Waals surface area contributed by atoms with Crippen LogP contribution in [0.4, 0.5) is 4.39 Å². The van der Waals surface area contributed by atoms with Crippen LogP contribution in [0.15, 0.2) is 48.5 Å². The Bertz CT molecular complexity index is 803. The van der Waals surface area contributed by atoms with Crippen molar-refractivity contribution >= 4 is 24.0 Å². The number of hydrogen-bond acceptors (Lipinski definition) is 4. The second kappa shape index (κ2) is 8.89. The van der Waals surface area contributed by atoms with Gasteiger partial charge in [-0.2, -0.15) is 0 Å². The van der Waals surface area contributed by atoms with Gasteiger partial charge in [-0.3, -0.25) is 14.8 Å². The normalized spacial score (nSPS) is 13.2. The maximum atomic E-state index is 13.1. The number of carbonyl (C=O) groups is 2. The molecule has 0 fully saturated rings. The number of halogens is 1. The quantitative estimate of drug-likeness (QED) is 0.360. The van der Waals surface area contributed by atoms with Gasteiger partial charge < -0.3 is 10.4 Å². The van der Waals surface area contributed by atoms with E-state index in [0.29, 0.717) is 5.56 Å². The molecule has 2 aromatic carbocycles. The fourth-order valence-electron chi connectivity index (χ4n) is 2.25. The van der Waals surface area contributed by atoms with Crippen molar-refractivity contribution in [3.05, 3.63) is 71.0 Å². The highest BCUT2D eigenvalue weighted by Gasteiger charge is 2.25. The van der Waals surface area contributed by atoms with Crippen LogP contribution in [-0.4, -0.2) is 34.3 Å². The van der Waals surface area contributed by atoms with Gasteiger partial charge >= 0.3 is 0 Å². The van der Waals surface area contributed by atoms with Gasteiger partial charge in [0.05, 0.1) is 6.10 Å². The summed E-state index contributed by atoms with van der Waals surface area (Å²) in [7, 11) is 0. The molecular weight excluding hydrogens is 339 g/mol. The van der Waals surface area contributed by atoms with Crippen molar-refractivity contribution in [2.45, 2.75) is 19.1 Å². The van der Waals surface area contributed by atoms with Crippen LogP contribution in [0.3, 0.4) is 0 Å². The first kappa shape index (κ1) is 19.3. The largest absolute Gasteiger partial charge is 0.391 e. The Morgan fingerprint density at radius 2 is 1.73 bits per heavy atom. The highest BCUT2D eigenvalue weighted by Crippen LogP contribution is 2.11. The van der Waals surface area contributed by atoms with Crippen LogP contribution in [0.25, 0.3) is 12.2 Å². The van der Waals surface area contributed by atoms with E-state index in [1.165, 1.54) is 24.5 Å². The Kier molecular flexibility index (Phi) is 6.60. The third kappa shape index (κ3) is 5.23. The molecule has 0 spiro atoms. The molecule has 136 valence electrons. The number of carbonyl (C=O) groups excluding carboxylic acids is 2. The molecule has 0 saturated heterocycles. The molecule has 0 aromatic heterocycles. The summed E-state index contributed by atoms with van der Waals surface area (Å²) in [6.45, 7) is 1.32. The number of hydroxylamine groups is 1. The van der Waals surface area contributed by atoms with Gasteiger partial charge in [0.25, 0.3) is 11.8 Å². The first-order valence-corrected chi connectivity index (χ1v) is 7.87. The van der Waals surface area contributed by atoms with Crippen molar-refractivity contribution in [3.63, 3.8) is 0 Å². The SMILES string of the molecule is C[C@@H](O)[C@H](NC(=O)c1ccc(/C=C/c2cccc(F)c2)cc1)C(=O)NO. The molecule has 0 unspecified atom stereocenters. The third-order valence-electron chi connectivity index (χ3n) is 3.65. The van der Waals surface area contributed by atoms with E-state index in [4.69, 9.17) is 5.21 Å². The van der Waals surface area contributed by atoms with Gasteiger partial charge in [-0.15, -0.1) is 0 Å². The average molecular weight is 358 g/mol. The Balaban J connectivity index is 2.06. The van der Waals surface area contributed by atoms with Crippen LogP contribution in [0.2, 0.25) is 0 Å². The predicted octanol–water partition coefficient (Wildman–Crippen LogP) is 1.98. The van der Waals surface area contributed by atoms with E-state index in [1.807, 2.05) is 0 Å². The molecule has 0 saturated carbocycles. The van der Waals surface area contributed by atoms with E-state index >= 15 is 0 Å². The van der Waals surface area contributed by atoms with E-state index < -0.39 is 24.0 Å². The average Bonchev–Trinajstić information content (AvgIpc) is 2.64. The van der Waals surface area contributed by atoms with Crippen molar-refractivity contribution in [1.29, 1.82) is 0 Å². The lowest BCUT2D eigenvalue weighted by molar-refractivity contribution is -0.133. The smallest absolute Gasteiger partial charge is 0.268 e. The van der Waals surface area contributed by atoms with Gasteiger partial charge in [0.1, 0.15) is 11.9 Å². The van der Waals surface area contributed by atoms with Gasteiger partial charge in [0.2, 0.25) is 0 Å². The number of rotatable bonds is 6. The second-order valence-electron chi connectivity index (χ2n) is 5.68. The lowest BCUT2D eigenvalue weighted by atomic mass is 10.1. The number of nitrogens with one attached hydrogen (secondary N) is 2. The standard InChI is InChI=1S/C19H19FN2O4/c1-12(23)17(19(25)22-26)21-18(24)15-9-7-13(8-10-15)5-6-14-3-2-4-16(20)11-14/h2-12,17,23,26H,1H3,(H,21,24)(H,22,25)/b6-5+/t12-,17+/m1/s1. The van der Waals surface area contributed by atoms with Crippen LogP contribution < -0.4 is 10.8 Å². The minimum atomic E-state index is -1.28. The topological polar surface area (TPSA) is 98.7 Å². The van der Waals surface area contributed by atoms with Crippen LogP contribution in [0.5, 0.6) is 0 Å². The molecule has 0 aliphatic carbocycles. The molecule has 2 atom stereocenters. The molecule has 0 bridgehead atoms. The number of aliphatic hydroxyl groups excluding tert-OH is 1. The fourth-order valence-corrected chi connectivity index (χ4v) is 2.25. The molecule has 0 aliphatic heterocycles. The van der Waals surface area contributed by atoms with Crippen LogP contribution in [-0.2, 0) is 4.79 Å². The van der Waals surface area contributed by atoms with Crippen molar-refractivity contribution < 1.29 is 24.3 Å². The Morgan fingerprint density at radius 1 is 1.08 bits per heavy atom. The summed E-state index contributed by atoms with van der Waals surface area (Å²) < 4.78 is 13.1. The molecule has 2 aromatic rings. The zero-order valence-corrected chi connectivity index (χ0v) is 14.0. The minimum absolute atomic E-state index is 0.282. The highest BCUT2D eigenvalue weighted by molar-refractivity contribution is 5.97. The summed E-state index contributed by atoms with van der Waals surface area (Å²) in [4.78, 5) is 23.6. The lowest BCUT2D eigenvalue weighted by Gasteiger charge is -2.19. The summed E-state index contributed by atoms with van der Waals surface area (Å²) in [5, 5.41) is 20.5. The van der Waals surface area contributed by atoms with Crippen molar-refractivity contribution in [2.24, 2.45) is 0 Å². The first-order chi connectivity index (χ1) is 12.4. The maximum absolute atomic E-state index is 13.1. The number of amides is 2. The van der Waals surface area contributed by atoms with E-state index in [0.717, 1.165) is 5.56 Å². The summed E-state index contributed by atoms with van der Waals surface area (Å²) in [6, 6.07) is 11.4. The van der Waals surface area contributed by atoms with Crippen molar-refractivity contribution in [3.8, 4) is 0 Å². The molecular formula is C19H19FN2O4. The first-order valence-electron chi connectivity index (χ1n) is 7.87. The Labute approximate surface area is 149 Å². The van der Waals surface area contributed by atoms with Gasteiger partial charge in [0.15, 0.2) is 0 Å². The van der Waals surface area contributed by atoms with E-state index in [9.17, 15) is 19.1 Å². The minimum Gasteiger partial charge on any atom is -0.391 e. The molecule has 0 aliphatic rings. The van der Waals surface area contributed by atoms with Gasteiger partial charge in [0, 0.05) is 5.56 Å². The zero-order valence-electron chi connectivity index (χ0n) is 14.0. The van der Waals surface area contributed by atoms with E-state index in [-0.39, 0.29) is 11.4 Å². The highest BCUT2D eigenvalue weighted by atomic mass is 19.1. The molecule has 7 heteroatoms. The molecule has 0 radical (unpaired) electrons. The fraction of sp³-hybridized carbons (Fsp3) is 0.158. The molecule has 2 rings (SSSR count).